The number of carboxylic acid groups (broad SMARTS) is 1. The monoisotopic (exact) mass is 264 g/mol. The summed E-state index contributed by atoms with van der Waals surface area (Å²) in [7, 11) is 1.82. The summed E-state index contributed by atoms with van der Waals surface area (Å²) in [4.78, 5) is 26.4. The van der Waals surface area contributed by atoms with E-state index in [0.717, 1.165) is 5.69 Å². The number of hydrogen-bond donors (Lipinski definition) is 2. The molecule has 6 heteroatoms. The van der Waals surface area contributed by atoms with Gasteiger partial charge in [0.15, 0.2) is 5.58 Å². The van der Waals surface area contributed by atoms with Crippen molar-refractivity contribution in [2.75, 3.05) is 11.9 Å². The molecule has 0 bridgehead atoms. The number of carbonyl (C=O) groups is 1. The van der Waals surface area contributed by atoms with E-state index >= 15 is 0 Å². The van der Waals surface area contributed by atoms with E-state index in [2.05, 4.69) is 4.98 Å². The molecule has 0 atom stereocenters. The lowest BCUT2D eigenvalue weighted by molar-refractivity contribution is -0.138. The summed E-state index contributed by atoms with van der Waals surface area (Å²) in [6.07, 6.45) is 0.0173. The Kier molecular flexibility index (Phi) is 3.09. The zero-order chi connectivity index (χ0) is 14.2. The van der Waals surface area contributed by atoms with Crippen molar-refractivity contribution >= 4 is 22.8 Å². The third kappa shape index (κ3) is 2.62. The number of carboxylic acids is 1. The molecule has 0 aliphatic carbocycles. The summed E-state index contributed by atoms with van der Waals surface area (Å²) in [5.41, 5.74) is 1.36. The molecule has 102 valence electrons. The van der Waals surface area contributed by atoms with E-state index < -0.39 is 17.3 Å². The van der Waals surface area contributed by atoms with Gasteiger partial charge in [-0.1, -0.05) is 0 Å². The first kappa shape index (κ1) is 13.2. The van der Waals surface area contributed by atoms with E-state index in [9.17, 15) is 9.59 Å². The highest BCUT2D eigenvalue weighted by Crippen LogP contribution is 2.27. The number of nitrogens with one attached hydrogen (secondary N) is 1. The predicted octanol–water partition coefficient (Wildman–Crippen LogP) is 1.81. The number of H-pyrrole nitrogens is 1. The van der Waals surface area contributed by atoms with Crippen LogP contribution in [-0.4, -0.2) is 28.6 Å². The fourth-order valence-electron chi connectivity index (χ4n) is 1.99. The molecule has 0 saturated heterocycles. The lowest BCUT2D eigenvalue weighted by Gasteiger charge is -2.36. The van der Waals surface area contributed by atoms with Gasteiger partial charge in [0.05, 0.1) is 11.9 Å². The third-order valence-electron chi connectivity index (χ3n) is 3.28. The Balaban J connectivity index is 2.37. The van der Waals surface area contributed by atoms with Crippen LogP contribution in [0.15, 0.2) is 27.4 Å². The van der Waals surface area contributed by atoms with E-state index in [4.69, 9.17) is 9.52 Å². The highest BCUT2D eigenvalue weighted by molar-refractivity contribution is 5.78. The van der Waals surface area contributed by atoms with Crippen molar-refractivity contribution in [3.63, 3.8) is 0 Å². The van der Waals surface area contributed by atoms with E-state index in [0.29, 0.717) is 11.1 Å². The summed E-state index contributed by atoms with van der Waals surface area (Å²) >= 11 is 0. The molecule has 0 amide bonds. The molecule has 0 radical (unpaired) electrons. The van der Waals surface area contributed by atoms with Crippen LogP contribution in [0.25, 0.3) is 11.1 Å². The summed E-state index contributed by atoms with van der Waals surface area (Å²) in [5.74, 6) is -1.35. The van der Waals surface area contributed by atoms with Crippen LogP contribution in [-0.2, 0) is 4.79 Å². The minimum atomic E-state index is -0.852. The van der Waals surface area contributed by atoms with Crippen LogP contribution in [0.2, 0.25) is 0 Å². The number of aliphatic carboxylic acids is 1. The molecule has 1 aromatic heterocycles. The minimum Gasteiger partial charge on any atom is -0.481 e. The van der Waals surface area contributed by atoms with Crippen molar-refractivity contribution in [2.24, 2.45) is 0 Å². The van der Waals surface area contributed by atoms with Gasteiger partial charge in [-0.15, -0.1) is 0 Å². The quantitative estimate of drug-likeness (QED) is 0.879. The zero-order valence-corrected chi connectivity index (χ0v) is 11.1. The van der Waals surface area contributed by atoms with E-state index in [1.54, 1.807) is 18.2 Å². The smallest absolute Gasteiger partial charge is 0.417 e. The second kappa shape index (κ2) is 4.46. The number of benzene rings is 1. The van der Waals surface area contributed by atoms with Crippen LogP contribution < -0.4 is 10.7 Å². The van der Waals surface area contributed by atoms with Crippen molar-refractivity contribution < 1.29 is 14.3 Å². The number of oxazole rings is 1. The van der Waals surface area contributed by atoms with Gasteiger partial charge < -0.3 is 14.4 Å². The Hall–Kier alpha value is -2.24. The van der Waals surface area contributed by atoms with Crippen LogP contribution in [0.1, 0.15) is 20.3 Å². The van der Waals surface area contributed by atoms with Crippen LogP contribution in [0.3, 0.4) is 0 Å². The number of aromatic amines is 1. The van der Waals surface area contributed by atoms with E-state index in [-0.39, 0.29) is 6.42 Å². The number of nitrogens with zero attached hydrogens (tertiary/aromatic N) is 1. The Morgan fingerprint density at radius 1 is 1.47 bits per heavy atom. The Morgan fingerprint density at radius 2 is 2.16 bits per heavy atom. The van der Waals surface area contributed by atoms with E-state index in [1.807, 2.05) is 25.8 Å². The van der Waals surface area contributed by atoms with Gasteiger partial charge >= 0.3 is 11.7 Å². The van der Waals surface area contributed by atoms with Crippen molar-refractivity contribution in [1.29, 1.82) is 0 Å². The zero-order valence-electron chi connectivity index (χ0n) is 11.1. The van der Waals surface area contributed by atoms with Gasteiger partial charge in [0.25, 0.3) is 0 Å². The number of fused-ring (bicyclic) bond motifs is 1. The molecule has 0 aliphatic rings. The lowest BCUT2D eigenvalue weighted by atomic mass is 9.98. The van der Waals surface area contributed by atoms with Crippen LogP contribution >= 0.6 is 0 Å². The van der Waals surface area contributed by atoms with Gasteiger partial charge in [0, 0.05) is 18.3 Å². The molecule has 1 heterocycles. The molecular formula is C13H16N2O4. The average Bonchev–Trinajstić information content (AvgIpc) is 2.65. The maximum absolute atomic E-state index is 11.1. The van der Waals surface area contributed by atoms with Crippen molar-refractivity contribution in [3.8, 4) is 0 Å². The average molecular weight is 264 g/mol. The van der Waals surface area contributed by atoms with E-state index in [1.165, 1.54) is 0 Å². The van der Waals surface area contributed by atoms with Crippen molar-refractivity contribution in [3.05, 3.63) is 28.7 Å². The molecular weight excluding hydrogens is 248 g/mol. The van der Waals surface area contributed by atoms with Gasteiger partial charge in [0.2, 0.25) is 0 Å². The van der Waals surface area contributed by atoms with Gasteiger partial charge in [-0.05, 0) is 32.0 Å². The molecule has 2 N–H and O–H groups in total. The Labute approximate surface area is 109 Å². The first-order valence-corrected chi connectivity index (χ1v) is 5.88. The molecule has 2 rings (SSSR count). The second-order valence-corrected chi connectivity index (χ2v) is 5.14. The van der Waals surface area contributed by atoms with Gasteiger partial charge in [-0.25, -0.2) is 4.79 Å². The van der Waals surface area contributed by atoms with Crippen LogP contribution in [0.4, 0.5) is 5.69 Å². The van der Waals surface area contributed by atoms with Crippen molar-refractivity contribution in [2.45, 2.75) is 25.8 Å². The van der Waals surface area contributed by atoms with Gasteiger partial charge in [-0.2, -0.15) is 0 Å². The fourth-order valence-corrected chi connectivity index (χ4v) is 1.99. The Morgan fingerprint density at radius 3 is 2.79 bits per heavy atom. The maximum Gasteiger partial charge on any atom is 0.417 e. The lowest BCUT2D eigenvalue weighted by Crippen LogP contribution is -2.43. The SMILES string of the molecule is CN(c1ccc2oc(=O)[nH]c2c1)C(C)(C)CC(=O)O. The number of hydrogen-bond acceptors (Lipinski definition) is 4. The molecule has 6 nitrogen and oxygen atoms in total. The second-order valence-electron chi connectivity index (χ2n) is 5.14. The molecule has 0 spiro atoms. The van der Waals surface area contributed by atoms with Crippen LogP contribution in [0, 0.1) is 0 Å². The standard InChI is InChI=1S/C13H16N2O4/c1-13(2,7-11(16)17)15(3)8-4-5-10-9(6-8)14-12(18)19-10/h4-6H,7H2,1-3H3,(H,14,18)(H,16,17). The molecule has 0 fully saturated rings. The van der Waals surface area contributed by atoms with Gasteiger partial charge in [0.1, 0.15) is 0 Å². The molecule has 0 aliphatic heterocycles. The summed E-state index contributed by atoms with van der Waals surface area (Å²) in [6.45, 7) is 3.70. The molecule has 0 unspecified atom stereocenters. The summed E-state index contributed by atoms with van der Waals surface area (Å²) in [6, 6.07) is 5.25. The molecule has 19 heavy (non-hydrogen) atoms. The molecule has 1 aromatic carbocycles. The number of anilines is 1. The number of rotatable bonds is 4. The first-order chi connectivity index (χ1) is 8.79. The minimum absolute atomic E-state index is 0.0173. The van der Waals surface area contributed by atoms with Crippen molar-refractivity contribution in [1.82, 2.24) is 4.98 Å². The number of aromatic nitrogens is 1. The predicted molar refractivity (Wildman–Crippen MR) is 71.6 cm³/mol. The topological polar surface area (TPSA) is 86.5 Å². The normalized spacial score (nSPS) is 11.7. The van der Waals surface area contributed by atoms with Gasteiger partial charge in [-0.3, -0.25) is 9.78 Å². The highest BCUT2D eigenvalue weighted by Gasteiger charge is 2.27. The summed E-state index contributed by atoms with van der Waals surface area (Å²) < 4.78 is 4.93. The third-order valence-corrected chi connectivity index (χ3v) is 3.28. The maximum atomic E-state index is 11.1. The molecule has 0 saturated carbocycles. The Bertz CT molecular complexity index is 669. The highest BCUT2D eigenvalue weighted by atomic mass is 16.4. The largest absolute Gasteiger partial charge is 0.481 e. The van der Waals surface area contributed by atoms with Crippen LogP contribution in [0.5, 0.6) is 0 Å². The fraction of sp³-hybridized carbons (Fsp3) is 0.385. The summed E-state index contributed by atoms with van der Waals surface area (Å²) in [5, 5.41) is 8.93. The first-order valence-electron chi connectivity index (χ1n) is 5.88. The molecule has 2 aromatic rings.